The first kappa shape index (κ1) is 27.6. The van der Waals surface area contributed by atoms with Gasteiger partial charge < -0.3 is 9.80 Å². The Morgan fingerprint density at radius 3 is 2.38 bits per heavy atom. The Hall–Kier alpha value is -4.54. The summed E-state index contributed by atoms with van der Waals surface area (Å²) in [4.78, 5) is 40.4. The third kappa shape index (κ3) is 5.90. The molecule has 1 unspecified atom stereocenters. The van der Waals surface area contributed by atoms with Crippen LogP contribution in [-0.4, -0.2) is 66.5 Å². The van der Waals surface area contributed by atoms with E-state index in [0.717, 1.165) is 11.3 Å². The minimum atomic E-state index is -0.762. The second-order valence-electron chi connectivity index (χ2n) is 9.89. The topological polar surface area (TPSA) is 102 Å². The predicted octanol–water partition coefficient (Wildman–Crippen LogP) is 4.33. The van der Waals surface area contributed by atoms with E-state index < -0.39 is 6.04 Å². The summed E-state index contributed by atoms with van der Waals surface area (Å²) >= 11 is 12.3. The standard InChI is InChI=1S/C30H26Cl2N8O2/c31-22-6-7-26(40-19-28(32)35-36-40)24(17-22)25-18-29(41)39(20-34-25)27(16-21-4-2-1-3-5-21)30(42)38-14-12-37(13-15-38)23-8-10-33-11-9-23/h1-11,17-20,27H,12-16H2. The minimum Gasteiger partial charge on any atom is -0.368 e. The zero-order valence-corrected chi connectivity index (χ0v) is 23.9. The molecule has 1 fully saturated rings. The van der Waals surface area contributed by atoms with E-state index in [1.165, 1.54) is 21.6 Å². The molecular formula is C30H26Cl2N8O2. The SMILES string of the molecule is O=C(C(Cc1ccccc1)n1cnc(-c2cc(Cl)ccc2-n2cc(Cl)nn2)cc1=O)N1CCN(c2ccncc2)CC1. The van der Waals surface area contributed by atoms with Crippen molar-refractivity contribution in [3.8, 4) is 16.9 Å². The lowest BCUT2D eigenvalue weighted by Gasteiger charge is -2.37. The van der Waals surface area contributed by atoms with Gasteiger partial charge in [0.25, 0.3) is 5.56 Å². The van der Waals surface area contributed by atoms with E-state index in [1.54, 1.807) is 36.8 Å². The van der Waals surface area contributed by atoms with Gasteiger partial charge in [-0.15, -0.1) is 5.10 Å². The summed E-state index contributed by atoms with van der Waals surface area (Å²) in [6, 6.07) is 19.4. The summed E-state index contributed by atoms with van der Waals surface area (Å²) in [7, 11) is 0. The number of carbonyl (C=O) groups is 1. The van der Waals surface area contributed by atoms with Crippen molar-refractivity contribution in [2.75, 3.05) is 31.1 Å². The Morgan fingerprint density at radius 2 is 1.69 bits per heavy atom. The number of halogens is 2. The maximum absolute atomic E-state index is 14.0. The van der Waals surface area contributed by atoms with Gasteiger partial charge in [0, 0.05) is 67.3 Å². The molecule has 10 nitrogen and oxygen atoms in total. The zero-order chi connectivity index (χ0) is 29.1. The highest BCUT2D eigenvalue weighted by atomic mass is 35.5. The Balaban J connectivity index is 1.31. The van der Waals surface area contributed by atoms with Crippen molar-refractivity contribution in [2.45, 2.75) is 12.5 Å². The number of rotatable bonds is 7. The molecule has 0 aliphatic carbocycles. The maximum Gasteiger partial charge on any atom is 0.254 e. The van der Waals surface area contributed by atoms with E-state index in [9.17, 15) is 9.59 Å². The molecule has 2 aromatic carbocycles. The van der Waals surface area contributed by atoms with Gasteiger partial charge in [0.15, 0.2) is 5.15 Å². The number of aromatic nitrogens is 6. The number of piperazine rings is 1. The van der Waals surface area contributed by atoms with Gasteiger partial charge in [-0.25, -0.2) is 9.67 Å². The Bertz CT molecular complexity index is 1750. The van der Waals surface area contributed by atoms with Crippen LogP contribution in [0.25, 0.3) is 16.9 Å². The highest BCUT2D eigenvalue weighted by Crippen LogP contribution is 2.28. The molecule has 5 aromatic rings. The summed E-state index contributed by atoms with van der Waals surface area (Å²) in [5.41, 5.74) is 3.23. The van der Waals surface area contributed by atoms with Gasteiger partial charge in [-0.1, -0.05) is 58.7 Å². The van der Waals surface area contributed by atoms with Gasteiger partial charge >= 0.3 is 0 Å². The van der Waals surface area contributed by atoms with Crippen LogP contribution in [0.3, 0.4) is 0 Å². The van der Waals surface area contributed by atoms with E-state index in [1.807, 2.05) is 47.4 Å². The molecule has 4 heterocycles. The number of hydrogen-bond acceptors (Lipinski definition) is 7. The van der Waals surface area contributed by atoms with Gasteiger partial charge in [0.05, 0.1) is 23.9 Å². The smallest absolute Gasteiger partial charge is 0.254 e. The molecule has 1 amide bonds. The van der Waals surface area contributed by atoms with Crippen molar-refractivity contribution in [3.63, 3.8) is 0 Å². The molecule has 3 aromatic heterocycles. The number of pyridine rings is 1. The minimum absolute atomic E-state index is 0.120. The Morgan fingerprint density at radius 1 is 0.929 bits per heavy atom. The average molecular weight is 601 g/mol. The molecule has 1 saturated heterocycles. The monoisotopic (exact) mass is 600 g/mol. The highest BCUT2D eigenvalue weighted by molar-refractivity contribution is 6.31. The fourth-order valence-corrected chi connectivity index (χ4v) is 5.46. The molecule has 0 bridgehead atoms. The number of benzene rings is 2. The van der Waals surface area contributed by atoms with Crippen molar-refractivity contribution < 1.29 is 4.79 Å². The van der Waals surface area contributed by atoms with Crippen LogP contribution >= 0.6 is 23.2 Å². The van der Waals surface area contributed by atoms with Crippen molar-refractivity contribution in [2.24, 2.45) is 0 Å². The van der Waals surface area contributed by atoms with Crippen LogP contribution in [0.2, 0.25) is 10.2 Å². The normalized spacial score (nSPS) is 14.1. The number of carbonyl (C=O) groups excluding carboxylic acids is 1. The first-order valence-electron chi connectivity index (χ1n) is 13.4. The molecule has 0 N–H and O–H groups in total. The molecule has 0 radical (unpaired) electrons. The molecule has 212 valence electrons. The second kappa shape index (κ2) is 12.1. The van der Waals surface area contributed by atoms with E-state index in [0.29, 0.717) is 54.6 Å². The summed E-state index contributed by atoms with van der Waals surface area (Å²) in [5.74, 6) is -0.120. The van der Waals surface area contributed by atoms with Crippen LogP contribution < -0.4 is 10.5 Å². The first-order valence-corrected chi connectivity index (χ1v) is 14.2. The van der Waals surface area contributed by atoms with Crippen molar-refractivity contribution in [3.05, 3.63) is 118 Å². The van der Waals surface area contributed by atoms with Crippen molar-refractivity contribution >= 4 is 34.8 Å². The summed E-state index contributed by atoms with van der Waals surface area (Å²) in [6.07, 6.45) is 6.87. The van der Waals surface area contributed by atoms with Gasteiger partial charge in [0.1, 0.15) is 6.04 Å². The van der Waals surface area contributed by atoms with Crippen LogP contribution in [0.4, 0.5) is 5.69 Å². The predicted molar refractivity (Wildman–Crippen MR) is 161 cm³/mol. The third-order valence-corrected chi connectivity index (χ3v) is 7.70. The lowest BCUT2D eigenvalue weighted by molar-refractivity contribution is -0.135. The summed E-state index contributed by atoms with van der Waals surface area (Å²) in [5, 5.41) is 8.57. The van der Waals surface area contributed by atoms with E-state index >= 15 is 0 Å². The number of amides is 1. The molecule has 0 saturated carbocycles. The Labute approximate surface area is 251 Å². The van der Waals surface area contributed by atoms with Crippen LogP contribution in [-0.2, 0) is 11.2 Å². The van der Waals surface area contributed by atoms with Crippen LogP contribution in [0.1, 0.15) is 11.6 Å². The fraction of sp³-hybridized carbons (Fsp3) is 0.200. The molecule has 1 aliphatic heterocycles. The molecule has 0 spiro atoms. The maximum atomic E-state index is 14.0. The first-order chi connectivity index (χ1) is 20.5. The summed E-state index contributed by atoms with van der Waals surface area (Å²) in [6.45, 7) is 2.45. The van der Waals surface area contributed by atoms with E-state index in [2.05, 4.69) is 25.2 Å². The number of nitrogens with zero attached hydrogens (tertiary/aromatic N) is 8. The molecule has 1 aliphatic rings. The largest absolute Gasteiger partial charge is 0.368 e. The average Bonchev–Trinajstić information content (AvgIpc) is 3.46. The van der Waals surface area contributed by atoms with Crippen LogP contribution in [0.15, 0.2) is 96.4 Å². The van der Waals surface area contributed by atoms with Crippen LogP contribution in [0, 0.1) is 0 Å². The quantitative estimate of drug-likeness (QED) is 0.274. The fourth-order valence-electron chi connectivity index (χ4n) is 5.16. The van der Waals surface area contributed by atoms with E-state index in [4.69, 9.17) is 23.2 Å². The van der Waals surface area contributed by atoms with Crippen LogP contribution in [0.5, 0.6) is 0 Å². The second-order valence-corrected chi connectivity index (χ2v) is 10.7. The van der Waals surface area contributed by atoms with E-state index in [-0.39, 0.29) is 16.6 Å². The molecule has 6 rings (SSSR count). The van der Waals surface area contributed by atoms with Gasteiger partial charge in [-0.3, -0.25) is 19.1 Å². The lowest BCUT2D eigenvalue weighted by Crippen LogP contribution is -2.51. The number of hydrogen-bond donors (Lipinski definition) is 0. The van der Waals surface area contributed by atoms with Crippen molar-refractivity contribution in [1.82, 2.24) is 34.4 Å². The molecular weight excluding hydrogens is 575 g/mol. The lowest BCUT2D eigenvalue weighted by atomic mass is 10.0. The number of anilines is 1. The molecule has 12 heteroatoms. The molecule has 42 heavy (non-hydrogen) atoms. The highest BCUT2D eigenvalue weighted by Gasteiger charge is 2.30. The van der Waals surface area contributed by atoms with Gasteiger partial charge in [0.2, 0.25) is 5.91 Å². The third-order valence-electron chi connectivity index (χ3n) is 7.29. The van der Waals surface area contributed by atoms with Gasteiger partial charge in [-0.05, 0) is 35.9 Å². The van der Waals surface area contributed by atoms with Crippen molar-refractivity contribution in [1.29, 1.82) is 0 Å². The zero-order valence-electron chi connectivity index (χ0n) is 22.4. The Kier molecular flexibility index (Phi) is 7.98. The van der Waals surface area contributed by atoms with Gasteiger partial charge in [-0.2, -0.15) is 0 Å². The molecule has 1 atom stereocenters. The summed E-state index contributed by atoms with van der Waals surface area (Å²) < 4.78 is 2.92.